The first-order valence-corrected chi connectivity index (χ1v) is 7.34. The van der Waals surface area contributed by atoms with Crippen molar-refractivity contribution in [3.8, 4) is 0 Å². The average Bonchev–Trinajstić information content (AvgIpc) is 2.82. The number of anilines is 2. The predicted octanol–water partition coefficient (Wildman–Crippen LogP) is 2.13. The van der Waals surface area contributed by atoms with Crippen LogP contribution in [0, 0.1) is 0 Å². The molecule has 1 fully saturated rings. The minimum absolute atomic E-state index is 0.379. The summed E-state index contributed by atoms with van der Waals surface area (Å²) in [5.74, 6) is 1.21. The summed E-state index contributed by atoms with van der Waals surface area (Å²) in [7, 11) is 0. The van der Waals surface area contributed by atoms with Crippen LogP contribution in [0.5, 0.6) is 0 Å². The van der Waals surface area contributed by atoms with Crippen LogP contribution in [-0.4, -0.2) is 33.5 Å². The number of nitrogen functional groups attached to an aromatic ring is 1. The van der Waals surface area contributed by atoms with Gasteiger partial charge in [-0.05, 0) is 18.9 Å². The number of likely N-dealkylation sites (tertiary alicyclic amines) is 1. The fourth-order valence-electron chi connectivity index (χ4n) is 2.88. The second-order valence-corrected chi connectivity index (χ2v) is 5.57. The summed E-state index contributed by atoms with van der Waals surface area (Å²) in [6.45, 7) is 4.33. The van der Waals surface area contributed by atoms with Crippen LogP contribution < -0.4 is 11.1 Å². The Labute approximate surface area is 125 Å². The van der Waals surface area contributed by atoms with Gasteiger partial charge in [0, 0.05) is 25.2 Å². The van der Waals surface area contributed by atoms with Crippen molar-refractivity contribution in [1.29, 1.82) is 0 Å². The van der Waals surface area contributed by atoms with Gasteiger partial charge in [-0.2, -0.15) is 0 Å². The highest BCUT2D eigenvalue weighted by atomic mass is 15.2. The third kappa shape index (κ3) is 3.31. The standard InChI is InChI=1S/C16H21N5/c1-12-14(19-16-10-18-9-15(17)20-16)7-8-21(12)11-13-5-3-2-4-6-13/h2-6,9-10,12,14H,7-8,11H2,1H3,(H3,17,19,20). The van der Waals surface area contributed by atoms with E-state index >= 15 is 0 Å². The molecular weight excluding hydrogens is 262 g/mol. The van der Waals surface area contributed by atoms with Crippen LogP contribution in [0.1, 0.15) is 18.9 Å². The maximum atomic E-state index is 5.67. The van der Waals surface area contributed by atoms with Crippen LogP contribution in [-0.2, 0) is 6.54 Å². The molecule has 1 saturated heterocycles. The normalized spacial score (nSPS) is 22.3. The summed E-state index contributed by atoms with van der Waals surface area (Å²) in [6, 6.07) is 11.4. The molecule has 3 N–H and O–H groups in total. The van der Waals surface area contributed by atoms with Crippen molar-refractivity contribution in [3.63, 3.8) is 0 Å². The fraction of sp³-hybridized carbons (Fsp3) is 0.375. The van der Waals surface area contributed by atoms with Gasteiger partial charge in [-0.25, -0.2) is 4.98 Å². The molecule has 2 unspecified atom stereocenters. The number of hydrogen-bond acceptors (Lipinski definition) is 5. The number of benzene rings is 1. The highest BCUT2D eigenvalue weighted by molar-refractivity contribution is 5.39. The van der Waals surface area contributed by atoms with Gasteiger partial charge < -0.3 is 11.1 Å². The lowest BCUT2D eigenvalue weighted by Crippen LogP contribution is -2.36. The summed E-state index contributed by atoms with van der Waals surface area (Å²) in [6.07, 6.45) is 4.39. The highest BCUT2D eigenvalue weighted by Gasteiger charge is 2.30. The van der Waals surface area contributed by atoms with Crippen molar-refractivity contribution < 1.29 is 0 Å². The van der Waals surface area contributed by atoms with Crippen molar-refractivity contribution in [1.82, 2.24) is 14.9 Å². The summed E-state index contributed by atoms with van der Waals surface area (Å²) in [5, 5.41) is 3.45. The quantitative estimate of drug-likeness (QED) is 0.900. The van der Waals surface area contributed by atoms with E-state index in [0.717, 1.165) is 25.3 Å². The van der Waals surface area contributed by atoms with Crippen LogP contribution in [0.25, 0.3) is 0 Å². The molecule has 21 heavy (non-hydrogen) atoms. The van der Waals surface area contributed by atoms with Gasteiger partial charge in [-0.15, -0.1) is 0 Å². The Morgan fingerprint density at radius 1 is 1.29 bits per heavy atom. The average molecular weight is 283 g/mol. The van der Waals surface area contributed by atoms with E-state index < -0.39 is 0 Å². The van der Waals surface area contributed by atoms with E-state index in [1.54, 1.807) is 12.4 Å². The third-order valence-electron chi connectivity index (χ3n) is 4.10. The van der Waals surface area contributed by atoms with E-state index in [-0.39, 0.29) is 0 Å². The molecule has 5 nitrogen and oxygen atoms in total. The van der Waals surface area contributed by atoms with Gasteiger partial charge >= 0.3 is 0 Å². The Morgan fingerprint density at radius 2 is 2.10 bits per heavy atom. The highest BCUT2D eigenvalue weighted by Crippen LogP contribution is 2.23. The van der Waals surface area contributed by atoms with E-state index in [0.29, 0.717) is 17.9 Å². The maximum Gasteiger partial charge on any atom is 0.147 e. The van der Waals surface area contributed by atoms with Crippen molar-refractivity contribution in [3.05, 3.63) is 48.3 Å². The molecule has 1 aromatic heterocycles. The molecule has 3 rings (SSSR count). The Hall–Kier alpha value is -2.14. The Bertz CT molecular complexity index is 586. The van der Waals surface area contributed by atoms with Gasteiger partial charge in [0.2, 0.25) is 0 Å². The van der Waals surface area contributed by atoms with E-state index in [9.17, 15) is 0 Å². The van der Waals surface area contributed by atoms with E-state index in [1.807, 2.05) is 0 Å². The van der Waals surface area contributed by atoms with Crippen molar-refractivity contribution in [2.24, 2.45) is 0 Å². The lowest BCUT2D eigenvalue weighted by Gasteiger charge is -2.25. The Morgan fingerprint density at radius 3 is 2.86 bits per heavy atom. The number of rotatable bonds is 4. The van der Waals surface area contributed by atoms with Crippen molar-refractivity contribution in [2.75, 3.05) is 17.6 Å². The first kappa shape index (κ1) is 13.8. The van der Waals surface area contributed by atoms with Gasteiger partial charge in [-0.3, -0.25) is 9.88 Å². The second kappa shape index (κ2) is 6.10. The van der Waals surface area contributed by atoms with Crippen molar-refractivity contribution >= 4 is 11.6 Å². The smallest absolute Gasteiger partial charge is 0.147 e. The largest absolute Gasteiger partial charge is 0.382 e. The summed E-state index contributed by atoms with van der Waals surface area (Å²) >= 11 is 0. The number of nitrogens with one attached hydrogen (secondary N) is 1. The molecule has 1 aliphatic rings. The van der Waals surface area contributed by atoms with Gasteiger partial charge in [0.15, 0.2) is 0 Å². The molecule has 1 aromatic carbocycles. The third-order valence-corrected chi connectivity index (χ3v) is 4.10. The van der Waals surface area contributed by atoms with Crippen LogP contribution >= 0.6 is 0 Å². The zero-order valence-corrected chi connectivity index (χ0v) is 12.2. The van der Waals surface area contributed by atoms with Gasteiger partial charge in [0.1, 0.15) is 11.6 Å². The Balaban J connectivity index is 1.62. The minimum Gasteiger partial charge on any atom is -0.382 e. The number of hydrogen-bond donors (Lipinski definition) is 2. The first-order valence-electron chi connectivity index (χ1n) is 7.34. The molecule has 2 aromatic rings. The van der Waals surface area contributed by atoms with E-state index in [4.69, 9.17) is 5.73 Å². The summed E-state index contributed by atoms with van der Waals surface area (Å²) in [5.41, 5.74) is 7.03. The number of nitrogens with two attached hydrogens (primary N) is 1. The molecule has 2 atom stereocenters. The van der Waals surface area contributed by atoms with Crippen molar-refractivity contribution in [2.45, 2.75) is 32.0 Å². The molecule has 2 heterocycles. The molecule has 5 heteroatoms. The SMILES string of the molecule is CC1C(Nc2cncc(N)n2)CCN1Cc1ccccc1. The number of nitrogens with zero attached hydrogens (tertiary/aromatic N) is 3. The topological polar surface area (TPSA) is 67.1 Å². The van der Waals surface area contributed by atoms with Gasteiger partial charge in [0.25, 0.3) is 0 Å². The first-order chi connectivity index (χ1) is 10.2. The van der Waals surface area contributed by atoms with E-state index in [2.05, 4.69) is 57.4 Å². The second-order valence-electron chi connectivity index (χ2n) is 5.57. The van der Waals surface area contributed by atoms with E-state index in [1.165, 1.54) is 5.56 Å². The maximum absolute atomic E-state index is 5.67. The molecule has 0 aliphatic carbocycles. The molecule has 110 valence electrons. The van der Waals surface area contributed by atoms with Gasteiger partial charge in [0.05, 0.1) is 12.4 Å². The van der Waals surface area contributed by atoms with Crippen LogP contribution in [0.4, 0.5) is 11.6 Å². The van der Waals surface area contributed by atoms with Crippen LogP contribution in [0.3, 0.4) is 0 Å². The van der Waals surface area contributed by atoms with Gasteiger partial charge in [-0.1, -0.05) is 30.3 Å². The Kier molecular flexibility index (Phi) is 4.01. The molecule has 0 saturated carbocycles. The molecular formula is C16H21N5. The zero-order chi connectivity index (χ0) is 14.7. The number of aromatic nitrogens is 2. The summed E-state index contributed by atoms with van der Waals surface area (Å²) in [4.78, 5) is 10.8. The monoisotopic (exact) mass is 283 g/mol. The summed E-state index contributed by atoms with van der Waals surface area (Å²) < 4.78 is 0. The lowest BCUT2D eigenvalue weighted by molar-refractivity contribution is 0.255. The van der Waals surface area contributed by atoms with Crippen LogP contribution in [0.2, 0.25) is 0 Å². The molecule has 1 aliphatic heterocycles. The van der Waals surface area contributed by atoms with Crippen LogP contribution in [0.15, 0.2) is 42.7 Å². The molecule has 0 radical (unpaired) electrons. The lowest BCUT2D eigenvalue weighted by atomic mass is 10.1. The predicted molar refractivity (Wildman–Crippen MR) is 84.8 cm³/mol. The fourth-order valence-corrected chi connectivity index (χ4v) is 2.88. The molecule has 0 spiro atoms. The minimum atomic E-state index is 0.379. The molecule has 0 bridgehead atoms. The molecule has 0 amide bonds. The zero-order valence-electron chi connectivity index (χ0n) is 12.2.